The summed E-state index contributed by atoms with van der Waals surface area (Å²) in [5, 5.41) is 0. The van der Waals surface area contributed by atoms with E-state index in [1.54, 1.807) is 0 Å². The van der Waals surface area contributed by atoms with Crippen LogP contribution >= 0.6 is 22.6 Å². The Bertz CT molecular complexity index is 767. The third-order valence-corrected chi connectivity index (χ3v) is 4.20. The van der Waals surface area contributed by atoms with Crippen LogP contribution in [-0.4, -0.2) is 23.8 Å². The molecule has 0 heterocycles. The van der Waals surface area contributed by atoms with Gasteiger partial charge in [0.05, 0.1) is 5.56 Å². The Morgan fingerprint density at radius 1 is 1.13 bits per heavy atom. The van der Waals surface area contributed by atoms with Gasteiger partial charge in [0.25, 0.3) is 5.91 Å². The highest BCUT2D eigenvalue weighted by atomic mass is 127. The molecule has 1 unspecified atom stereocenters. The average Bonchev–Trinajstić information content (AvgIpc) is 2.46. The Kier molecular flexibility index (Phi) is 5.30. The summed E-state index contributed by atoms with van der Waals surface area (Å²) in [6.07, 6.45) is 0. The number of halogens is 3. The Hall–Kier alpha value is -2.03. The van der Waals surface area contributed by atoms with Crippen molar-refractivity contribution in [2.24, 2.45) is 5.73 Å². The largest absolute Gasteiger partial charge is 0.368 e. The third-order valence-electron chi connectivity index (χ3n) is 3.30. The molecule has 0 aliphatic rings. The number of rotatable bonds is 4. The fraction of sp³-hybridized carbons (Fsp3) is 0.125. The Labute approximate surface area is 145 Å². The lowest BCUT2D eigenvalue weighted by Crippen LogP contribution is -2.39. The smallest absolute Gasteiger partial charge is 0.255 e. The predicted octanol–water partition coefficient (Wildman–Crippen LogP) is 2.87. The second-order valence-corrected chi connectivity index (χ2v) is 6.06. The fourth-order valence-corrected chi connectivity index (χ4v) is 2.93. The van der Waals surface area contributed by atoms with Crippen molar-refractivity contribution in [2.45, 2.75) is 6.04 Å². The normalized spacial score (nSPS) is 11.8. The molecule has 7 heteroatoms. The van der Waals surface area contributed by atoms with E-state index in [0.29, 0.717) is 3.57 Å². The van der Waals surface area contributed by atoms with Crippen LogP contribution in [0.2, 0.25) is 0 Å². The van der Waals surface area contributed by atoms with Gasteiger partial charge in [-0.15, -0.1) is 0 Å². The van der Waals surface area contributed by atoms with Gasteiger partial charge >= 0.3 is 0 Å². The molecule has 23 heavy (non-hydrogen) atoms. The lowest BCUT2D eigenvalue weighted by molar-refractivity contribution is -0.122. The van der Waals surface area contributed by atoms with E-state index in [1.807, 2.05) is 22.6 Å². The maximum atomic E-state index is 13.4. The maximum Gasteiger partial charge on any atom is 0.255 e. The van der Waals surface area contributed by atoms with E-state index in [4.69, 9.17) is 5.73 Å². The lowest BCUT2D eigenvalue weighted by atomic mass is 10.0. The Balaban J connectivity index is 2.40. The zero-order valence-electron chi connectivity index (χ0n) is 12.1. The van der Waals surface area contributed by atoms with Gasteiger partial charge in [-0.3, -0.25) is 9.59 Å². The molecule has 0 saturated carbocycles. The summed E-state index contributed by atoms with van der Waals surface area (Å²) in [4.78, 5) is 25.5. The number of hydrogen-bond donors (Lipinski definition) is 1. The van der Waals surface area contributed by atoms with E-state index in [0.717, 1.165) is 17.0 Å². The Morgan fingerprint density at radius 3 is 2.35 bits per heavy atom. The highest BCUT2D eigenvalue weighted by molar-refractivity contribution is 14.1. The molecule has 0 aliphatic carbocycles. The molecule has 120 valence electrons. The molecule has 0 bridgehead atoms. The van der Waals surface area contributed by atoms with Gasteiger partial charge in [-0.2, -0.15) is 0 Å². The van der Waals surface area contributed by atoms with Crippen LogP contribution < -0.4 is 5.73 Å². The van der Waals surface area contributed by atoms with E-state index < -0.39 is 29.5 Å². The minimum absolute atomic E-state index is 0.233. The number of nitrogens with two attached hydrogens (primary N) is 1. The fourth-order valence-electron chi connectivity index (χ4n) is 2.23. The van der Waals surface area contributed by atoms with Crippen molar-refractivity contribution in [1.29, 1.82) is 0 Å². The molecule has 0 fully saturated rings. The van der Waals surface area contributed by atoms with Crippen molar-refractivity contribution in [3.63, 3.8) is 0 Å². The molecule has 2 aromatic rings. The van der Waals surface area contributed by atoms with Gasteiger partial charge < -0.3 is 10.6 Å². The summed E-state index contributed by atoms with van der Waals surface area (Å²) in [5.41, 5.74) is 5.88. The second kappa shape index (κ2) is 7.03. The van der Waals surface area contributed by atoms with Crippen molar-refractivity contribution in [1.82, 2.24) is 4.90 Å². The highest BCUT2D eigenvalue weighted by Gasteiger charge is 2.28. The summed E-state index contributed by atoms with van der Waals surface area (Å²) in [7, 11) is 1.39. The van der Waals surface area contributed by atoms with Crippen LogP contribution in [0, 0.1) is 15.2 Å². The summed E-state index contributed by atoms with van der Waals surface area (Å²) < 4.78 is 27.0. The number of hydrogen-bond acceptors (Lipinski definition) is 2. The molecular weight excluding hydrogens is 417 g/mol. The minimum Gasteiger partial charge on any atom is -0.368 e. The molecule has 0 saturated heterocycles. The topological polar surface area (TPSA) is 63.4 Å². The molecule has 1 atom stereocenters. The minimum atomic E-state index is -1.13. The summed E-state index contributed by atoms with van der Waals surface area (Å²) in [6.45, 7) is 0. The SMILES string of the molecule is CN(C(=O)c1ccc(F)cc1I)C(C(N)=O)c1cccc(F)c1. The quantitative estimate of drug-likeness (QED) is 0.759. The molecule has 4 nitrogen and oxygen atoms in total. The number of carbonyl (C=O) groups excluding carboxylic acids is 2. The van der Waals surface area contributed by atoms with Gasteiger partial charge in [0.15, 0.2) is 0 Å². The molecule has 2 amide bonds. The summed E-state index contributed by atoms with van der Waals surface area (Å²) in [5.74, 6) is -2.30. The van der Waals surface area contributed by atoms with Crippen molar-refractivity contribution >= 4 is 34.4 Å². The van der Waals surface area contributed by atoms with Crippen LogP contribution in [0.25, 0.3) is 0 Å². The molecule has 0 aromatic heterocycles. The number of likely N-dealkylation sites (N-methyl/N-ethyl adjacent to an activating group) is 1. The highest BCUT2D eigenvalue weighted by Crippen LogP contribution is 2.24. The number of nitrogens with zero attached hydrogens (tertiary/aromatic N) is 1. The van der Waals surface area contributed by atoms with Crippen LogP contribution in [0.3, 0.4) is 0 Å². The second-order valence-electron chi connectivity index (χ2n) is 4.90. The van der Waals surface area contributed by atoms with E-state index in [2.05, 4.69) is 0 Å². The van der Waals surface area contributed by atoms with Crippen LogP contribution in [0.4, 0.5) is 8.78 Å². The summed E-state index contributed by atoms with van der Waals surface area (Å²) >= 11 is 1.83. The van der Waals surface area contributed by atoms with Crippen LogP contribution in [0.15, 0.2) is 42.5 Å². The first kappa shape index (κ1) is 17.3. The molecule has 2 rings (SSSR count). The number of carbonyl (C=O) groups is 2. The summed E-state index contributed by atoms with van der Waals surface area (Å²) in [6, 6.07) is 7.89. The standard InChI is InChI=1S/C16H13F2IN2O2/c1-21(16(23)12-6-5-11(18)8-13(12)19)14(15(20)22)9-3-2-4-10(17)7-9/h2-8,14H,1H3,(H2,20,22). The van der Waals surface area contributed by atoms with Gasteiger partial charge in [0, 0.05) is 10.6 Å². The van der Waals surface area contributed by atoms with Crippen LogP contribution in [-0.2, 0) is 4.79 Å². The first-order valence-corrected chi connectivity index (χ1v) is 7.66. The van der Waals surface area contributed by atoms with E-state index in [-0.39, 0.29) is 11.1 Å². The van der Waals surface area contributed by atoms with E-state index in [1.165, 1.54) is 37.4 Å². The maximum absolute atomic E-state index is 13.4. The third kappa shape index (κ3) is 3.84. The van der Waals surface area contributed by atoms with E-state index in [9.17, 15) is 18.4 Å². The van der Waals surface area contributed by atoms with Crippen molar-refractivity contribution in [3.8, 4) is 0 Å². The first-order chi connectivity index (χ1) is 10.8. The Morgan fingerprint density at radius 2 is 1.78 bits per heavy atom. The van der Waals surface area contributed by atoms with Crippen molar-refractivity contribution in [3.05, 3.63) is 68.8 Å². The van der Waals surface area contributed by atoms with Gasteiger partial charge in [-0.05, 0) is 58.5 Å². The van der Waals surface area contributed by atoms with Gasteiger partial charge in [0.2, 0.25) is 5.91 Å². The van der Waals surface area contributed by atoms with Gasteiger partial charge in [-0.25, -0.2) is 8.78 Å². The predicted molar refractivity (Wildman–Crippen MR) is 89.5 cm³/mol. The number of primary amides is 1. The first-order valence-electron chi connectivity index (χ1n) is 6.58. The molecule has 0 radical (unpaired) electrons. The van der Waals surface area contributed by atoms with Crippen LogP contribution in [0.1, 0.15) is 22.0 Å². The van der Waals surface area contributed by atoms with Crippen molar-refractivity contribution < 1.29 is 18.4 Å². The molecule has 0 aliphatic heterocycles. The molecule has 0 spiro atoms. The average molecular weight is 430 g/mol. The zero-order valence-corrected chi connectivity index (χ0v) is 14.3. The monoisotopic (exact) mass is 430 g/mol. The molecule has 2 N–H and O–H groups in total. The van der Waals surface area contributed by atoms with E-state index >= 15 is 0 Å². The molecular formula is C16H13F2IN2O2. The number of benzene rings is 2. The lowest BCUT2D eigenvalue weighted by Gasteiger charge is -2.26. The van der Waals surface area contributed by atoms with Gasteiger partial charge in [0.1, 0.15) is 17.7 Å². The van der Waals surface area contributed by atoms with Crippen LogP contribution in [0.5, 0.6) is 0 Å². The zero-order chi connectivity index (χ0) is 17.1. The van der Waals surface area contributed by atoms with Gasteiger partial charge in [-0.1, -0.05) is 12.1 Å². The van der Waals surface area contributed by atoms with Crippen molar-refractivity contribution in [2.75, 3.05) is 7.05 Å². The number of amides is 2. The molecule has 2 aromatic carbocycles.